The monoisotopic (exact) mass is 273 g/mol. The molecule has 0 saturated heterocycles. The molecule has 0 atom stereocenters. The van der Waals surface area contributed by atoms with Gasteiger partial charge in [-0.1, -0.05) is 0 Å². The fraction of sp³-hybridized carbons (Fsp3) is 0.0667. The summed E-state index contributed by atoms with van der Waals surface area (Å²) in [5, 5.41) is 8.63. The zero-order chi connectivity index (χ0) is 14.5. The third kappa shape index (κ3) is 3.18. The number of Topliss-reactive ketones (excluding diaryl/α,β-unsaturated/α-hetero) is 1. The lowest BCUT2D eigenvalue weighted by atomic mass is 10.1. The van der Waals surface area contributed by atoms with Crippen molar-refractivity contribution < 1.29 is 18.3 Å². The van der Waals surface area contributed by atoms with Gasteiger partial charge in [0.05, 0.1) is 11.6 Å². The largest absolute Gasteiger partial charge is 0.485 e. The SMILES string of the molecule is N#Cc1ccc(OCC(=O)c2ccc(F)c(F)c2)cc1. The standard InChI is InChI=1S/C15H9F2NO2/c16-13-6-3-11(7-14(13)17)15(19)9-20-12-4-1-10(8-18)2-5-12/h1-7H,9H2. The van der Waals surface area contributed by atoms with Gasteiger partial charge in [-0.05, 0) is 42.5 Å². The molecule has 0 amide bonds. The lowest BCUT2D eigenvalue weighted by Crippen LogP contribution is -2.12. The van der Waals surface area contributed by atoms with E-state index in [1.54, 1.807) is 24.3 Å². The highest BCUT2D eigenvalue weighted by molar-refractivity contribution is 5.97. The minimum Gasteiger partial charge on any atom is -0.485 e. The average Bonchev–Trinajstić information content (AvgIpc) is 2.48. The van der Waals surface area contributed by atoms with Gasteiger partial charge in [0.25, 0.3) is 0 Å². The molecule has 0 aliphatic heterocycles. The maximum absolute atomic E-state index is 13.0. The maximum Gasteiger partial charge on any atom is 0.200 e. The van der Waals surface area contributed by atoms with Crippen LogP contribution in [0.3, 0.4) is 0 Å². The first-order valence-corrected chi connectivity index (χ1v) is 5.71. The van der Waals surface area contributed by atoms with Crippen LogP contribution in [0.1, 0.15) is 15.9 Å². The van der Waals surface area contributed by atoms with Crippen LogP contribution in [0.15, 0.2) is 42.5 Å². The lowest BCUT2D eigenvalue weighted by Gasteiger charge is -2.05. The summed E-state index contributed by atoms with van der Waals surface area (Å²) in [5.74, 6) is -2.13. The molecule has 20 heavy (non-hydrogen) atoms. The van der Waals surface area contributed by atoms with Gasteiger partial charge in [0.2, 0.25) is 0 Å². The van der Waals surface area contributed by atoms with E-state index in [0.29, 0.717) is 11.3 Å². The molecule has 0 bridgehead atoms. The number of ether oxygens (including phenoxy) is 1. The van der Waals surface area contributed by atoms with Gasteiger partial charge in [-0.2, -0.15) is 5.26 Å². The Balaban J connectivity index is 2.01. The van der Waals surface area contributed by atoms with Crippen LogP contribution in [-0.4, -0.2) is 12.4 Å². The molecule has 3 nitrogen and oxygen atoms in total. The minimum absolute atomic E-state index is 0.0394. The first-order valence-electron chi connectivity index (χ1n) is 5.71. The van der Waals surface area contributed by atoms with E-state index < -0.39 is 17.4 Å². The third-order valence-electron chi connectivity index (χ3n) is 2.59. The Hall–Kier alpha value is -2.74. The Morgan fingerprint density at radius 1 is 1.10 bits per heavy atom. The highest BCUT2D eigenvalue weighted by Crippen LogP contribution is 2.13. The summed E-state index contributed by atoms with van der Waals surface area (Å²) in [4.78, 5) is 11.7. The molecule has 5 heteroatoms. The fourth-order valence-electron chi connectivity index (χ4n) is 1.53. The zero-order valence-electron chi connectivity index (χ0n) is 10.3. The summed E-state index contributed by atoms with van der Waals surface area (Å²) in [7, 11) is 0. The number of carbonyl (C=O) groups excluding carboxylic acids is 1. The van der Waals surface area contributed by atoms with Crippen molar-refractivity contribution in [3.63, 3.8) is 0 Å². The highest BCUT2D eigenvalue weighted by atomic mass is 19.2. The normalized spacial score (nSPS) is 9.85. The number of carbonyl (C=O) groups is 1. The lowest BCUT2D eigenvalue weighted by molar-refractivity contribution is 0.0921. The molecule has 0 spiro atoms. The van der Waals surface area contributed by atoms with Crippen LogP contribution in [0.2, 0.25) is 0 Å². The fourth-order valence-corrected chi connectivity index (χ4v) is 1.53. The van der Waals surface area contributed by atoms with E-state index in [1.807, 2.05) is 6.07 Å². The van der Waals surface area contributed by atoms with Crippen molar-refractivity contribution in [1.29, 1.82) is 5.26 Å². The second kappa shape index (κ2) is 5.93. The van der Waals surface area contributed by atoms with E-state index in [1.165, 1.54) is 6.07 Å². The summed E-state index contributed by atoms with van der Waals surface area (Å²) >= 11 is 0. The molecule has 2 rings (SSSR count). The van der Waals surface area contributed by atoms with Gasteiger partial charge >= 0.3 is 0 Å². The number of ketones is 1. The average molecular weight is 273 g/mol. The summed E-state index contributed by atoms with van der Waals surface area (Å²) in [5.41, 5.74) is 0.516. The quantitative estimate of drug-likeness (QED) is 0.804. The Labute approximate surface area is 114 Å². The van der Waals surface area contributed by atoms with Crippen molar-refractivity contribution in [2.45, 2.75) is 0 Å². The molecular weight excluding hydrogens is 264 g/mol. The molecular formula is C15H9F2NO2. The molecule has 0 radical (unpaired) electrons. The third-order valence-corrected chi connectivity index (χ3v) is 2.59. The maximum atomic E-state index is 13.0. The Morgan fingerprint density at radius 2 is 1.80 bits per heavy atom. The van der Waals surface area contributed by atoms with Crippen LogP contribution in [0.25, 0.3) is 0 Å². The molecule has 0 aliphatic carbocycles. The van der Waals surface area contributed by atoms with Crippen LogP contribution in [0.5, 0.6) is 5.75 Å². The smallest absolute Gasteiger partial charge is 0.200 e. The number of nitrogens with zero attached hydrogens (tertiary/aromatic N) is 1. The predicted octanol–water partition coefficient (Wildman–Crippen LogP) is 3.10. The number of halogens is 2. The number of hydrogen-bond donors (Lipinski definition) is 0. The van der Waals surface area contributed by atoms with Crippen LogP contribution in [0, 0.1) is 23.0 Å². The van der Waals surface area contributed by atoms with Gasteiger partial charge in [-0.3, -0.25) is 4.79 Å². The molecule has 0 heterocycles. The summed E-state index contributed by atoms with van der Waals surface area (Å²) in [6.07, 6.45) is 0. The molecule has 0 N–H and O–H groups in total. The minimum atomic E-state index is -1.07. The first-order chi connectivity index (χ1) is 9.60. The second-order valence-electron chi connectivity index (χ2n) is 3.98. The van der Waals surface area contributed by atoms with Crippen molar-refractivity contribution in [2.75, 3.05) is 6.61 Å². The summed E-state index contributed by atoms with van der Waals surface area (Å²) < 4.78 is 30.9. The van der Waals surface area contributed by atoms with Gasteiger partial charge in [0, 0.05) is 5.56 Å². The van der Waals surface area contributed by atoms with E-state index in [9.17, 15) is 13.6 Å². The number of hydrogen-bond acceptors (Lipinski definition) is 3. The van der Waals surface area contributed by atoms with Crippen molar-refractivity contribution in [2.24, 2.45) is 0 Å². The first kappa shape index (κ1) is 13.7. The zero-order valence-corrected chi connectivity index (χ0v) is 10.3. The summed E-state index contributed by atoms with van der Waals surface area (Å²) in [6, 6.07) is 11.1. The van der Waals surface area contributed by atoms with Gasteiger partial charge in [-0.25, -0.2) is 8.78 Å². The number of rotatable bonds is 4. The van der Waals surface area contributed by atoms with E-state index >= 15 is 0 Å². The molecule has 2 aromatic rings. The van der Waals surface area contributed by atoms with Crippen LogP contribution < -0.4 is 4.74 Å². The van der Waals surface area contributed by atoms with E-state index in [4.69, 9.17) is 10.00 Å². The Kier molecular flexibility index (Phi) is 4.06. The van der Waals surface area contributed by atoms with E-state index in [-0.39, 0.29) is 12.2 Å². The molecule has 0 saturated carbocycles. The Bertz CT molecular complexity index is 675. The molecule has 2 aromatic carbocycles. The molecule has 0 fully saturated rings. The predicted molar refractivity (Wildman–Crippen MR) is 67.3 cm³/mol. The van der Waals surface area contributed by atoms with Crippen molar-refractivity contribution in [1.82, 2.24) is 0 Å². The van der Waals surface area contributed by atoms with E-state index in [0.717, 1.165) is 12.1 Å². The van der Waals surface area contributed by atoms with Crippen molar-refractivity contribution >= 4 is 5.78 Å². The van der Waals surface area contributed by atoms with Crippen molar-refractivity contribution in [3.05, 3.63) is 65.2 Å². The van der Waals surface area contributed by atoms with Gasteiger partial charge < -0.3 is 4.74 Å². The Morgan fingerprint density at radius 3 is 2.40 bits per heavy atom. The molecule has 0 unspecified atom stereocenters. The second-order valence-corrected chi connectivity index (χ2v) is 3.98. The van der Waals surface area contributed by atoms with Crippen molar-refractivity contribution in [3.8, 4) is 11.8 Å². The number of nitriles is 1. The molecule has 0 aliphatic rings. The summed E-state index contributed by atoms with van der Waals surface area (Å²) in [6.45, 7) is -0.295. The van der Waals surface area contributed by atoms with Crippen LogP contribution in [-0.2, 0) is 0 Å². The number of benzene rings is 2. The van der Waals surface area contributed by atoms with Crippen LogP contribution in [0.4, 0.5) is 8.78 Å². The van der Waals surface area contributed by atoms with Gasteiger partial charge in [0.1, 0.15) is 5.75 Å². The van der Waals surface area contributed by atoms with E-state index in [2.05, 4.69) is 0 Å². The topological polar surface area (TPSA) is 50.1 Å². The van der Waals surface area contributed by atoms with Gasteiger partial charge in [0.15, 0.2) is 24.0 Å². The van der Waals surface area contributed by atoms with Gasteiger partial charge in [-0.15, -0.1) is 0 Å². The van der Waals surface area contributed by atoms with Crippen LogP contribution >= 0.6 is 0 Å². The highest BCUT2D eigenvalue weighted by Gasteiger charge is 2.10. The molecule has 0 aromatic heterocycles. The molecule has 100 valence electrons.